The van der Waals surface area contributed by atoms with Crippen molar-refractivity contribution in [1.29, 1.82) is 0 Å². The molecule has 0 unspecified atom stereocenters. The number of hydrogen-bond donors (Lipinski definition) is 1. The summed E-state index contributed by atoms with van der Waals surface area (Å²) in [5, 5.41) is 4.20. The Balaban J connectivity index is 1.50. The van der Waals surface area contributed by atoms with E-state index in [1.807, 2.05) is 66.7 Å². The van der Waals surface area contributed by atoms with Gasteiger partial charge in [0, 0.05) is 21.3 Å². The van der Waals surface area contributed by atoms with E-state index in [4.69, 9.17) is 4.98 Å². The molecule has 0 fully saturated rings. The number of carbonyl (C=O) groups excluding carboxylic acids is 1. The molecule has 4 aromatic rings. The number of halogens is 1. The molecule has 26 heavy (non-hydrogen) atoms. The molecule has 3 aromatic carbocycles. The SMILES string of the molecule is O=C(CNc1cccc(-c2nc3ccccc3s2)c1)c1ccc(Br)cc1. The van der Waals surface area contributed by atoms with Gasteiger partial charge in [-0.15, -0.1) is 11.3 Å². The fourth-order valence-corrected chi connectivity index (χ4v) is 3.90. The average molecular weight is 423 g/mol. The molecule has 0 saturated heterocycles. The Hall–Kier alpha value is -2.50. The molecule has 1 heterocycles. The summed E-state index contributed by atoms with van der Waals surface area (Å²) in [5.74, 6) is 0.0582. The maximum atomic E-state index is 12.3. The molecule has 0 spiro atoms. The summed E-state index contributed by atoms with van der Waals surface area (Å²) in [6.07, 6.45) is 0. The Kier molecular flexibility index (Phi) is 4.82. The molecular formula is C21H15BrN2OS. The topological polar surface area (TPSA) is 42.0 Å². The van der Waals surface area contributed by atoms with Crippen LogP contribution in [0.25, 0.3) is 20.8 Å². The third kappa shape index (κ3) is 3.69. The average Bonchev–Trinajstić information content (AvgIpc) is 3.11. The number of aromatic nitrogens is 1. The number of carbonyl (C=O) groups is 1. The smallest absolute Gasteiger partial charge is 0.181 e. The number of rotatable bonds is 5. The summed E-state index contributed by atoms with van der Waals surface area (Å²) >= 11 is 5.05. The van der Waals surface area contributed by atoms with E-state index in [1.54, 1.807) is 11.3 Å². The van der Waals surface area contributed by atoms with Crippen molar-refractivity contribution < 1.29 is 4.79 Å². The van der Waals surface area contributed by atoms with E-state index in [1.165, 1.54) is 4.70 Å². The Labute approximate surface area is 163 Å². The van der Waals surface area contributed by atoms with E-state index in [2.05, 4.69) is 27.3 Å². The largest absolute Gasteiger partial charge is 0.378 e. The molecular weight excluding hydrogens is 408 g/mol. The lowest BCUT2D eigenvalue weighted by Crippen LogP contribution is -2.13. The number of fused-ring (bicyclic) bond motifs is 1. The lowest BCUT2D eigenvalue weighted by molar-refractivity contribution is 0.101. The third-order valence-electron chi connectivity index (χ3n) is 4.02. The number of nitrogens with zero attached hydrogens (tertiary/aromatic N) is 1. The van der Waals surface area contributed by atoms with E-state index >= 15 is 0 Å². The summed E-state index contributed by atoms with van der Waals surface area (Å²) in [7, 11) is 0. The Bertz CT molecular complexity index is 1040. The minimum absolute atomic E-state index is 0.0582. The van der Waals surface area contributed by atoms with Crippen LogP contribution in [0.5, 0.6) is 0 Å². The van der Waals surface area contributed by atoms with Crippen LogP contribution in [0.15, 0.2) is 77.3 Å². The van der Waals surface area contributed by atoms with Gasteiger partial charge in [-0.3, -0.25) is 4.79 Å². The molecule has 1 N–H and O–H groups in total. The van der Waals surface area contributed by atoms with Gasteiger partial charge >= 0.3 is 0 Å². The number of ketones is 1. The van der Waals surface area contributed by atoms with Crippen molar-refractivity contribution in [3.05, 3.63) is 82.8 Å². The monoisotopic (exact) mass is 422 g/mol. The summed E-state index contributed by atoms with van der Waals surface area (Å²) in [4.78, 5) is 17.0. The highest BCUT2D eigenvalue weighted by Crippen LogP contribution is 2.31. The van der Waals surface area contributed by atoms with Gasteiger partial charge in [0.25, 0.3) is 0 Å². The minimum atomic E-state index is 0.0582. The normalized spacial score (nSPS) is 10.8. The number of hydrogen-bond acceptors (Lipinski definition) is 4. The Morgan fingerprint density at radius 1 is 1.00 bits per heavy atom. The summed E-state index contributed by atoms with van der Waals surface area (Å²) < 4.78 is 2.14. The number of nitrogens with one attached hydrogen (secondary N) is 1. The van der Waals surface area contributed by atoms with Crippen LogP contribution < -0.4 is 5.32 Å². The van der Waals surface area contributed by atoms with Gasteiger partial charge < -0.3 is 5.32 Å². The molecule has 0 saturated carbocycles. The predicted octanol–water partition coefficient (Wildman–Crippen LogP) is 6.02. The first-order valence-corrected chi connectivity index (χ1v) is 9.79. The first kappa shape index (κ1) is 16.9. The van der Waals surface area contributed by atoms with Gasteiger partial charge in [0.05, 0.1) is 16.8 Å². The second kappa shape index (κ2) is 7.40. The zero-order chi connectivity index (χ0) is 17.9. The number of Topliss-reactive ketones (excluding diaryl/α,β-unsaturated/α-hetero) is 1. The van der Waals surface area contributed by atoms with Crippen LogP contribution in [-0.2, 0) is 0 Å². The van der Waals surface area contributed by atoms with E-state index in [0.717, 1.165) is 26.2 Å². The molecule has 0 atom stereocenters. The van der Waals surface area contributed by atoms with Crippen LogP contribution in [-0.4, -0.2) is 17.3 Å². The quantitative estimate of drug-likeness (QED) is 0.399. The third-order valence-corrected chi connectivity index (χ3v) is 5.64. The van der Waals surface area contributed by atoms with Crippen molar-refractivity contribution in [3.63, 3.8) is 0 Å². The van der Waals surface area contributed by atoms with Gasteiger partial charge in [0.15, 0.2) is 5.78 Å². The second-order valence-electron chi connectivity index (χ2n) is 5.85. The van der Waals surface area contributed by atoms with Crippen molar-refractivity contribution in [1.82, 2.24) is 4.98 Å². The van der Waals surface area contributed by atoms with E-state index in [0.29, 0.717) is 5.56 Å². The zero-order valence-corrected chi connectivity index (χ0v) is 16.2. The molecule has 128 valence electrons. The van der Waals surface area contributed by atoms with Crippen molar-refractivity contribution in [2.75, 3.05) is 11.9 Å². The molecule has 0 aliphatic rings. The molecule has 3 nitrogen and oxygen atoms in total. The summed E-state index contributed by atoms with van der Waals surface area (Å²) in [6, 6.07) is 23.5. The first-order valence-electron chi connectivity index (χ1n) is 8.18. The highest BCUT2D eigenvalue weighted by molar-refractivity contribution is 9.10. The molecule has 4 rings (SSSR count). The number of anilines is 1. The minimum Gasteiger partial charge on any atom is -0.378 e. The number of benzene rings is 3. The first-order chi connectivity index (χ1) is 12.7. The molecule has 0 bridgehead atoms. The van der Waals surface area contributed by atoms with E-state index < -0.39 is 0 Å². The van der Waals surface area contributed by atoms with Crippen LogP contribution in [0, 0.1) is 0 Å². The predicted molar refractivity (Wildman–Crippen MR) is 112 cm³/mol. The summed E-state index contributed by atoms with van der Waals surface area (Å²) in [6.45, 7) is 0.255. The van der Waals surface area contributed by atoms with Gasteiger partial charge in [0.2, 0.25) is 0 Å². The fourth-order valence-electron chi connectivity index (χ4n) is 2.68. The maximum absolute atomic E-state index is 12.3. The highest BCUT2D eigenvalue weighted by atomic mass is 79.9. The van der Waals surface area contributed by atoms with E-state index in [-0.39, 0.29) is 12.3 Å². The molecule has 5 heteroatoms. The fraction of sp³-hybridized carbons (Fsp3) is 0.0476. The van der Waals surface area contributed by atoms with Gasteiger partial charge in [-0.05, 0) is 36.4 Å². The zero-order valence-electron chi connectivity index (χ0n) is 13.8. The van der Waals surface area contributed by atoms with Gasteiger partial charge in [-0.2, -0.15) is 0 Å². The van der Waals surface area contributed by atoms with Crippen LogP contribution in [0.1, 0.15) is 10.4 Å². The van der Waals surface area contributed by atoms with Crippen LogP contribution >= 0.6 is 27.3 Å². The van der Waals surface area contributed by atoms with Crippen LogP contribution in [0.3, 0.4) is 0 Å². The number of para-hydroxylation sites is 1. The lowest BCUT2D eigenvalue weighted by Gasteiger charge is -2.07. The number of thiazole rings is 1. The van der Waals surface area contributed by atoms with Gasteiger partial charge in [-0.25, -0.2) is 4.98 Å². The van der Waals surface area contributed by atoms with Crippen molar-refractivity contribution in [2.45, 2.75) is 0 Å². The van der Waals surface area contributed by atoms with Gasteiger partial charge in [-0.1, -0.05) is 52.3 Å². The highest BCUT2D eigenvalue weighted by Gasteiger charge is 2.08. The Morgan fingerprint density at radius 3 is 2.62 bits per heavy atom. The maximum Gasteiger partial charge on any atom is 0.181 e. The Morgan fingerprint density at radius 2 is 1.81 bits per heavy atom. The lowest BCUT2D eigenvalue weighted by atomic mass is 10.1. The van der Waals surface area contributed by atoms with Gasteiger partial charge in [0.1, 0.15) is 5.01 Å². The molecule has 0 aliphatic heterocycles. The molecule has 0 radical (unpaired) electrons. The molecule has 0 aliphatic carbocycles. The van der Waals surface area contributed by atoms with Crippen molar-refractivity contribution in [3.8, 4) is 10.6 Å². The van der Waals surface area contributed by atoms with Crippen molar-refractivity contribution >= 4 is 49.0 Å². The van der Waals surface area contributed by atoms with Crippen LogP contribution in [0.4, 0.5) is 5.69 Å². The molecule has 1 aromatic heterocycles. The van der Waals surface area contributed by atoms with Crippen LogP contribution in [0.2, 0.25) is 0 Å². The second-order valence-corrected chi connectivity index (χ2v) is 7.80. The van der Waals surface area contributed by atoms with E-state index in [9.17, 15) is 4.79 Å². The molecule has 0 amide bonds. The van der Waals surface area contributed by atoms with Crippen molar-refractivity contribution in [2.24, 2.45) is 0 Å². The standard InChI is InChI=1S/C21H15BrN2OS/c22-16-10-8-14(9-11-16)19(25)13-23-17-5-3-4-15(12-17)21-24-18-6-1-2-7-20(18)26-21/h1-12,23H,13H2. The summed E-state index contributed by atoms with van der Waals surface area (Å²) in [5.41, 5.74) is 3.67.